The first kappa shape index (κ1) is 26.1. The topological polar surface area (TPSA) is 72.6 Å². The molecule has 1 heterocycles. The van der Waals surface area contributed by atoms with Crippen LogP contribution in [0.4, 0.5) is 5.69 Å². The summed E-state index contributed by atoms with van der Waals surface area (Å²) in [7, 11) is 3.69. The quantitative estimate of drug-likeness (QED) is 0.268. The maximum Gasteiger partial charge on any atom is 0.319 e. The number of nitrogens with zero attached hydrogens (tertiary/aromatic N) is 4. The van der Waals surface area contributed by atoms with Crippen molar-refractivity contribution in [2.24, 2.45) is 0 Å². The number of hydrogen-bond donors (Lipinski definition) is 1. The smallest absolute Gasteiger partial charge is 0.319 e. The van der Waals surface area contributed by atoms with Crippen LogP contribution in [0.25, 0.3) is 17.1 Å². The molecule has 7 heteroatoms. The Labute approximate surface area is 219 Å². The van der Waals surface area contributed by atoms with E-state index in [-0.39, 0.29) is 6.01 Å². The summed E-state index contributed by atoms with van der Waals surface area (Å²) in [6.45, 7) is 9.85. The van der Waals surface area contributed by atoms with Crippen molar-refractivity contribution in [3.8, 4) is 34.6 Å². The van der Waals surface area contributed by atoms with E-state index in [0.717, 1.165) is 46.8 Å². The minimum Gasteiger partial charge on any atom is -0.495 e. The standard InChI is InChI=1S/C30H36N4O3/c1-7-15-33(5)26-17-23(13-14-27(26)36-6)34-29(31-32-30(34)35)25-18-24(20(2)3)21(4)16-28(25)37-19-22-11-9-8-10-12-22/h8-14,16-18,20H,7,15,19H2,1-6H3,(H,32,35). The molecule has 0 bridgehead atoms. The molecule has 0 aliphatic rings. The fourth-order valence-corrected chi connectivity index (χ4v) is 4.61. The molecule has 0 unspecified atom stereocenters. The second-order valence-corrected chi connectivity index (χ2v) is 9.57. The lowest BCUT2D eigenvalue weighted by Gasteiger charge is -2.22. The van der Waals surface area contributed by atoms with Crippen molar-refractivity contribution >= 4 is 5.69 Å². The number of hydrogen-bond acceptors (Lipinski definition) is 6. The van der Waals surface area contributed by atoms with Gasteiger partial charge in [-0.25, -0.2) is 4.57 Å². The summed E-state index contributed by atoms with van der Waals surface area (Å²) < 4.78 is 13.6. The van der Waals surface area contributed by atoms with E-state index in [1.54, 1.807) is 11.7 Å². The molecule has 4 rings (SSSR count). The van der Waals surface area contributed by atoms with Crippen molar-refractivity contribution < 1.29 is 14.6 Å². The predicted octanol–water partition coefficient (Wildman–Crippen LogP) is 6.51. The second kappa shape index (κ2) is 11.4. The summed E-state index contributed by atoms with van der Waals surface area (Å²) in [5.41, 5.74) is 5.84. The van der Waals surface area contributed by atoms with Gasteiger partial charge in [0.1, 0.15) is 18.1 Å². The molecule has 4 aromatic rings. The van der Waals surface area contributed by atoms with Gasteiger partial charge < -0.3 is 19.5 Å². The summed E-state index contributed by atoms with van der Waals surface area (Å²) >= 11 is 0. The van der Waals surface area contributed by atoms with Gasteiger partial charge in [0.2, 0.25) is 0 Å². The number of anilines is 1. The fourth-order valence-electron chi connectivity index (χ4n) is 4.61. The van der Waals surface area contributed by atoms with Gasteiger partial charge in [-0.15, -0.1) is 5.10 Å². The van der Waals surface area contributed by atoms with Crippen molar-refractivity contribution in [3.63, 3.8) is 0 Å². The average Bonchev–Trinajstić information content (AvgIpc) is 3.28. The number of aryl methyl sites for hydroxylation is 1. The maximum atomic E-state index is 10.8. The summed E-state index contributed by atoms with van der Waals surface area (Å²) in [6, 6.07) is 19.8. The lowest BCUT2D eigenvalue weighted by atomic mass is 9.95. The van der Waals surface area contributed by atoms with E-state index in [1.807, 2.05) is 55.6 Å². The summed E-state index contributed by atoms with van der Waals surface area (Å²) in [5.74, 6) is 2.27. The average molecular weight is 501 g/mol. The Morgan fingerprint density at radius 2 is 1.76 bits per heavy atom. The molecule has 0 saturated carbocycles. The molecule has 3 aromatic carbocycles. The van der Waals surface area contributed by atoms with E-state index in [9.17, 15) is 5.11 Å². The molecule has 37 heavy (non-hydrogen) atoms. The van der Waals surface area contributed by atoms with Crippen molar-refractivity contribution in [2.45, 2.75) is 46.6 Å². The van der Waals surface area contributed by atoms with E-state index in [2.05, 4.69) is 54.9 Å². The van der Waals surface area contributed by atoms with Crippen LogP contribution in [0.15, 0.2) is 60.7 Å². The van der Waals surface area contributed by atoms with Gasteiger partial charge in [0.15, 0.2) is 5.82 Å². The van der Waals surface area contributed by atoms with E-state index in [1.165, 1.54) is 5.56 Å². The predicted molar refractivity (Wildman–Crippen MR) is 148 cm³/mol. The molecule has 0 spiro atoms. The zero-order valence-corrected chi connectivity index (χ0v) is 22.5. The van der Waals surface area contributed by atoms with Gasteiger partial charge in [-0.1, -0.05) is 56.2 Å². The third kappa shape index (κ3) is 5.56. The van der Waals surface area contributed by atoms with Crippen molar-refractivity contribution in [1.82, 2.24) is 14.8 Å². The third-order valence-electron chi connectivity index (χ3n) is 6.51. The maximum absolute atomic E-state index is 10.8. The Morgan fingerprint density at radius 1 is 1.00 bits per heavy atom. The molecule has 7 nitrogen and oxygen atoms in total. The molecule has 0 aliphatic heterocycles. The highest BCUT2D eigenvalue weighted by molar-refractivity contribution is 5.71. The van der Waals surface area contributed by atoms with Crippen molar-refractivity contribution in [3.05, 3.63) is 77.4 Å². The highest BCUT2D eigenvalue weighted by atomic mass is 16.5. The Kier molecular flexibility index (Phi) is 8.01. The Morgan fingerprint density at radius 3 is 2.43 bits per heavy atom. The van der Waals surface area contributed by atoms with E-state index >= 15 is 0 Å². The number of aromatic nitrogens is 3. The summed E-state index contributed by atoms with van der Waals surface area (Å²) in [4.78, 5) is 2.14. The number of benzene rings is 3. The lowest BCUT2D eigenvalue weighted by Crippen LogP contribution is -2.18. The van der Waals surface area contributed by atoms with Crippen LogP contribution in [0.5, 0.6) is 17.5 Å². The first-order chi connectivity index (χ1) is 17.8. The molecule has 0 aliphatic carbocycles. The van der Waals surface area contributed by atoms with E-state index in [4.69, 9.17) is 9.47 Å². The van der Waals surface area contributed by atoms with Gasteiger partial charge in [0.05, 0.1) is 24.0 Å². The van der Waals surface area contributed by atoms with Gasteiger partial charge >= 0.3 is 6.01 Å². The number of rotatable bonds is 10. The van der Waals surface area contributed by atoms with Crippen LogP contribution >= 0.6 is 0 Å². The Bertz CT molecular complexity index is 1350. The SMILES string of the molecule is CCCN(C)c1cc(-n2c(O)nnc2-c2cc(C(C)C)c(C)cc2OCc2ccccc2)ccc1OC. The van der Waals surface area contributed by atoms with Crippen molar-refractivity contribution in [1.29, 1.82) is 0 Å². The Hall–Kier alpha value is -4.00. The van der Waals surface area contributed by atoms with Gasteiger partial charge in [-0.2, -0.15) is 0 Å². The highest BCUT2D eigenvalue weighted by Crippen LogP contribution is 2.39. The van der Waals surface area contributed by atoms with Gasteiger partial charge in [-0.05, 0) is 66.3 Å². The molecule has 0 saturated heterocycles. The van der Waals surface area contributed by atoms with Crippen LogP contribution in [0.2, 0.25) is 0 Å². The number of aromatic hydroxyl groups is 1. The second-order valence-electron chi connectivity index (χ2n) is 9.57. The first-order valence-electron chi connectivity index (χ1n) is 12.7. The summed E-state index contributed by atoms with van der Waals surface area (Å²) in [6.07, 6.45) is 0.996. The molecular formula is C30H36N4O3. The van der Waals surface area contributed by atoms with Crippen molar-refractivity contribution in [2.75, 3.05) is 25.6 Å². The summed E-state index contributed by atoms with van der Waals surface area (Å²) in [5, 5.41) is 19.3. The van der Waals surface area contributed by atoms with Gasteiger partial charge in [0.25, 0.3) is 0 Å². The normalized spacial score (nSPS) is 11.1. The molecule has 0 radical (unpaired) electrons. The molecular weight excluding hydrogens is 464 g/mol. The van der Waals surface area contributed by atoms with Gasteiger partial charge in [0, 0.05) is 13.6 Å². The largest absolute Gasteiger partial charge is 0.495 e. The van der Waals surface area contributed by atoms with Crippen LogP contribution in [0, 0.1) is 6.92 Å². The third-order valence-corrected chi connectivity index (χ3v) is 6.51. The molecule has 0 atom stereocenters. The molecule has 1 N–H and O–H groups in total. The van der Waals surface area contributed by atoms with Crippen LogP contribution in [0.3, 0.4) is 0 Å². The zero-order valence-electron chi connectivity index (χ0n) is 22.5. The molecule has 194 valence electrons. The zero-order chi connectivity index (χ0) is 26.5. The highest BCUT2D eigenvalue weighted by Gasteiger charge is 2.22. The Balaban J connectivity index is 1.84. The van der Waals surface area contributed by atoms with Crippen LogP contribution in [0.1, 0.15) is 49.8 Å². The van der Waals surface area contributed by atoms with E-state index < -0.39 is 0 Å². The minimum absolute atomic E-state index is 0.190. The number of methoxy groups -OCH3 is 1. The van der Waals surface area contributed by atoms with Gasteiger partial charge in [-0.3, -0.25) is 0 Å². The molecule has 1 aromatic heterocycles. The van der Waals surface area contributed by atoms with Crippen LogP contribution < -0.4 is 14.4 Å². The number of ether oxygens (including phenoxy) is 2. The van der Waals surface area contributed by atoms with E-state index in [0.29, 0.717) is 24.1 Å². The minimum atomic E-state index is -0.190. The lowest BCUT2D eigenvalue weighted by molar-refractivity contribution is 0.307. The van der Waals surface area contributed by atoms with Crippen LogP contribution in [-0.4, -0.2) is 40.6 Å². The fraction of sp³-hybridized carbons (Fsp3) is 0.333. The monoisotopic (exact) mass is 500 g/mol. The molecule has 0 amide bonds. The molecule has 0 fully saturated rings. The van der Waals surface area contributed by atoms with Crippen LogP contribution in [-0.2, 0) is 6.61 Å². The first-order valence-corrected chi connectivity index (χ1v) is 12.7.